The Morgan fingerprint density at radius 2 is 2.31 bits per heavy atom. The van der Waals surface area contributed by atoms with Crippen LogP contribution in [-0.2, 0) is 6.42 Å². The van der Waals surface area contributed by atoms with Crippen molar-refractivity contribution in [3.05, 3.63) is 29.2 Å². The van der Waals surface area contributed by atoms with Crippen molar-refractivity contribution in [3.8, 4) is 11.5 Å². The van der Waals surface area contributed by atoms with Crippen LogP contribution in [0.4, 0.5) is 0 Å². The molecule has 84 valence electrons. The van der Waals surface area contributed by atoms with Crippen LogP contribution in [0.15, 0.2) is 22.9 Å². The van der Waals surface area contributed by atoms with Crippen molar-refractivity contribution in [1.29, 1.82) is 0 Å². The minimum absolute atomic E-state index is 0.489. The Balaban J connectivity index is 2.15. The number of pyridine rings is 1. The third-order valence-corrected chi connectivity index (χ3v) is 2.24. The second kappa shape index (κ2) is 5.05. The molecule has 0 saturated heterocycles. The zero-order valence-electron chi connectivity index (χ0n) is 8.77. The van der Waals surface area contributed by atoms with Crippen LogP contribution in [-0.4, -0.2) is 28.7 Å². The van der Waals surface area contributed by atoms with Gasteiger partial charge in [-0.1, -0.05) is 16.8 Å². The normalized spacial score (nSPS) is 10.6. The van der Waals surface area contributed by atoms with E-state index in [0.717, 1.165) is 6.54 Å². The van der Waals surface area contributed by atoms with Crippen molar-refractivity contribution in [2.24, 2.45) is 0 Å². The van der Waals surface area contributed by atoms with E-state index in [1.807, 2.05) is 7.05 Å². The van der Waals surface area contributed by atoms with Gasteiger partial charge in [0.1, 0.15) is 5.69 Å². The van der Waals surface area contributed by atoms with Crippen LogP contribution < -0.4 is 5.32 Å². The summed E-state index contributed by atoms with van der Waals surface area (Å²) in [6, 6.07) is 3.50. The fraction of sp³-hybridized carbons (Fsp3) is 0.300. The first-order valence-electron chi connectivity index (χ1n) is 4.88. The predicted molar refractivity (Wildman–Crippen MR) is 60.2 cm³/mol. The Morgan fingerprint density at radius 1 is 1.44 bits per heavy atom. The Morgan fingerprint density at radius 3 is 3.00 bits per heavy atom. The van der Waals surface area contributed by atoms with Crippen LogP contribution in [0.3, 0.4) is 0 Å². The Hall–Kier alpha value is -1.46. The second-order valence-corrected chi connectivity index (χ2v) is 3.66. The summed E-state index contributed by atoms with van der Waals surface area (Å²) < 4.78 is 5.08. The molecule has 0 spiro atoms. The quantitative estimate of drug-likeness (QED) is 0.876. The maximum atomic E-state index is 5.74. The highest BCUT2D eigenvalue weighted by Crippen LogP contribution is 2.15. The number of hydrogen-bond donors (Lipinski definition) is 1. The van der Waals surface area contributed by atoms with E-state index in [-0.39, 0.29) is 0 Å². The van der Waals surface area contributed by atoms with E-state index in [9.17, 15) is 0 Å². The molecule has 2 aromatic rings. The largest absolute Gasteiger partial charge is 0.339 e. The van der Waals surface area contributed by atoms with Crippen molar-refractivity contribution < 1.29 is 4.52 Å². The average Bonchev–Trinajstić information content (AvgIpc) is 2.76. The van der Waals surface area contributed by atoms with E-state index >= 15 is 0 Å². The van der Waals surface area contributed by atoms with Crippen molar-refractivity contribution in [1.82, 2.24) is 20.4 Å². The summed E-state index contributed by atoms with van der Waals surface area (Å²) in [5.41, 5.74) is 0.656. The Kier molecular flexibility index (Phi) is 3.48. The summed E-state index contributed by atoms with van der Waals surface area (Å²) in [5, 5.41) is 7.45. The molecule has 0 atom stereocenters. The molecule has 6 heteroatoms. The zero-order valence-corrected chi connectivity index (χ0v) is 9.53. The smallest absolute Gasteiger partial charge is 0.228 e. The molecular weight excluding hydrogens is 228 g/mol. The van der Waals surface area contributed by atoms with Gasteiger partial charge in [0.05, 0.1) is 5.02 Å². The monoisotopic (exact) mass is 238 g/mol. The number of nitrogens with one attached hydrogen (secondary N) is 1. The lowest BCUT2D eigenvalue weighted by Gasteiger charge is -1.92. The van der Waals surface area contributed by atoms with Crippen molar-refractivity contribution in [2.75, 3.05) is 13.6 Å². The minimum atomic E-state index is 0.489. The van der Waals surface area contributed by atoms with E-state index in [1.165, 1.54) is 0 Å². The van der Waals surface area contributed by atoms with E-state index < -0.39 is 0 Å². The lowest BCUT2D eigenvalue weighted by atomic mass is 10.3. The molecule has 0 amide bonds. The van der Waals surface area contributed by atoms with Gasteiger partial charge >= 0.3 is 0 Å². The third-order valence-electron chi connectivity index (χ3n) is 2.01. The molecule has 0 saturated carbocycles. The van der Waals surface area contributed by atoms with Crippen molar-refractivity contribution in [3.63, 3.8) is 0 Å². The minimum Gasteiger partial charge on any atom is -0.339 e. The van der Waals surface area contributed by atoms with Gasteiger partial charge in [-0.25, -0.2) is 0 Å². The Labute approximate surface area is 97.8 Å². The summed E-state index contributed by atoms with van der Waals surface area (Å²) in [4.78, 5) is 8.33. The van der Waals surface area contributed by atoms with Crippen molar-refractivity contribution >= 4 is 11.6 Å². The maximum absolute atomic E-state index is 5.74. The fourth-order valence-electron chi connectivity index (χ4n) is 1.20. The molecule has 2 aromatic heterocycles. The number of nitrogens with zero attached hydrogens (tertiary/aromatic N) is 3. The van der Waals surface area contributed by atoms with Gasteiger partial charge in [0.15, 0.2) is 0 Å². The van der Waals surface area contributed by atoms with Gasteiger partial charge in [0.25, 0.3) is 0 Å². The van der Waals surface area contributed by atoms with Gasteiger partial charge < -0.3 is 9.84 Å². The van der Waals surface area contributed by atoms with Gasteiger partial charge in [0, 0.05) is 19.2 Å². The highest BCUT2D eigenvalue weighted by molar-refractivity contribution is 6.30. The molecular formula is C10H11ClN4O. The molecule has 0 aliphatic heterocycles. The van der Waals surface area contributed by atoms with Crippen LogP contribution in [0, 0.1) is 0 Å². The molecule has 5 nitrogen and oxygen atoms in total. The summed E-state index contributed by atoms with van der Waals surface area (Å²) >= 11 is 5.74. The molecule has 2 rings (SSSR count). The fourth-order valence-corrected chi connectivity index (χ4v) is 1.31. The second-order valence-electron chi connectivity index (χ2n) is 3.23. The summed E-state index contributed by atoms with van der Waals surface area (Å²) in [6.07, 6.45) is 2.26. The number of hydrogen-bond acceptors (Lipinski definition) is 5. The van der Waals surface area contributed by atoms with E-state index in [1.54, 1.807) is 18.3 Å². The lowest BCUT2D eigenvalue weighted by molar-refractivity contribution is 0.377. The van der Waals surface area contributed by atoms with E-state index in [4.69, 9.17) is 16.1 Å². The summed E-state index contributed by atoms with van der Waals surface area (Å²) in [7, 11) is 1.87. The first-order valence-corrected chi connectivity index (χ1v) is 5.26. The van der Waals surface area contributed by atoms with Gasteiger partial charge in [0.2, 0.25) is 11.7 Å². The van der Waals surface area contributed by atoms with Crippen LogP contribution in [0.1, 0.15) is 5.89 Å². The highest BCUT2D eigenvalue weighted by Gasteiger charge is 2.08. The molecule has 0 bridgehead atoms. The number of likely N-dealkylation sites (N-methyl/N-ethyl adjacent to an activating group) is 1. The van der Waals surface area contributed by atoms with E-state index in [0.29, 0.717) is 28.9 Å². The summed E-state index contributed by atoms with van der Waals surface area (Å²) in [5.74, 6) is 1.09. The molecule has 0 aromatic carbocycles. The first-order chi connectivity index (χ1) is 7.79. The molecule has 0 aliphatic rings. The van der Waals surface area contributed by atoms with Gasteiger partial charge in [-0.15, -0.1) is 0 Å². The van der Waals surface area contributed by atoms with Crippen molar-refractivity contribution in [2.45, 2.75) is 6.42 Å². The zero-order chi connectivity index (χ0) is 11.4. The summed E-state index contributed by atoms with van der Waals surface area (Å²) in [6.45, 7) is 0.801. The molecule has 1 N–H and O–H groups in total. The van der Waals surface area contributed by atoms with Gasteiger partial charge in [-0.3, -0.25) is 4.98 Å². The first kappa shape index (κ1) is 11.0. The highest BCUT2D eigenvalue weighted by atomic mass is 35.5. The van der Waals surface area contributed by atoms with Crippen LogP contribution in [0.5, 0.6) is 0 Å². The van der Waals surface area contributed by atoms with Gasteiger partial charge in [-0.2, -0.15) is 4.98 Å². The van der Waals surface area contributed by atoms with Crippen LogP contribution in [0.25, 0.3) is 11.5 Å². The molecule has 0 radical (unpaired) electrons. The molecule has 2 heterocycles. The number of halogens is 1. The number of rotatable bonds is 4. The van der Waals surface area contributed by atoms with Crippen LogP contribution >= 0.6 is 11.6 Å². The third kappa shape index (κ3) is 2.56. The molecule has 16 heavy (non-hydrogen) atoms. The standard InChI is InChI=1S/C10H11ClN4O/c1-12-5-4-9-14-10(15-16-9)8-3-2-7(11)6-13-8/h2-3,6,12H,4-5H2,1H3. The lowest BCUT2D eigenvalue weighted by Crippen LogP contribution is -2.10. The van der Waals surface area contributed by atoms with Gasteiger partial charge in [-0.05, 0) is 19.2 Å². The molecule has 0 unspecified atom stereocenters. The van der Waals surface area contributed by atoms with E-state index in [2.05, 4.69) is 20.4 Å². The SMILES string of the molecule is CNCCc1nc(-c2ccc(Cl)cn2)no1. The Bertz CT molecular complexity index is 454. The maximum Gasteiger partial charge on any atom is 0.228 e. The van der Waals surface area contributed by atoms with Crippen LogP contribution in [0.2, 0.25) is 5.02 Å². The predicted octanol–water partition coefficient (Wildman–Crippen LogP) is 1.55. The average molecular weight is 239 g/mol. The molecule has 0 fully saturated rings. The number of aromatic nitrogens is 3. The molecule has 0 aliphatic carbocycles. The topological polar surface area (TPSA) is 63.8 Å².